The van der Waals surface area contributed by atoms with Crippen LogP contribution in [0.1, 0.15) is 46.4 Å². The Bertz CT molecular complexity index is 1410. The van der Waals surface area contributed by atoms with E-state index in [4.69, 9.17) is 0 Å². The van der Waals surface area contributed by atoms with Gasteiger partial charge in [0.15, 0.2) is 0 Å². The molecule has 1 aliphatic heterocycles. The highest BCUT2D eigenvalue weighted by Gasteiger charge is 2.30. The van der Waals surface area contributed by atoms with Crippen molar-refractivity contribution in [3.63, 3.8) is 0 Å². The van der Waals surface area contributed by atoms with Gasteiger partial charge in [0.2, 0.25) is 0 Å². The zero-order valence-electron chi connectivity index (χ0n) is 23.6. The number of carbonyl (C=O) groups excluding carboxylic acids is 5. The molecule has 0 atom stereocenters. The van der Waals surface area contributed by atoms with Crippen molar-refractivity contribution >= 4 is 46.3 Å². The molecule has 3 aromatic rings. The molecule has 0 unspecified atom stereocenters. The number of carbonyl (C=O) groups is 5. The van der Waals surface area contributed by atoms with E-state index in [1.807, 2.05) is 6.07 Å². The van der Waals surface area contributed by atoms with Crippen molar-refractivity contribution < 1.29 is 28.7 Å². The lowest BCUT2D eigenvalue weighted by Crippen LogP contribution is -2.52. The molecule has 5 amide bonds. The minimum Gasteiger partial charge on any atom is -0.453 e. The Labute approximate surface area is 243 Å². The van der Waals surface area contributed by atoms with Gasteiger partial charge in [0.1, 0.15) is 0 Å². The summed E-state index contributed by atoms with van der Waals surface area (Å²) < 4.78 is 4.52. The molecular weight excluding hydrogens is 540 g/mol. The van der Waals surface area contributed by atoms with Crippen molar-refractivity contribution in [1.82, 2.24) is 25.4 Å². The number of H-pyrrole nitrogens is 1. The number of piperazine rings is 1. The standard InChI is InChI=1S/C30H36N6O6/c1-42-30(41)32-15-8-3-2-7-14-31-29(40)34-24-13-9-12-22-23(20-33-25(22)24)26(37)28(39)36-18-16-35(17-19-36)27(38)21-10-5-4-6-11-21/h4-6,9-13,20,33H,2-3,7-8,14-19H2,1H3,(H,32,41)(H2,31,34,40). The van der Waals surface area contributed by atoms with Crippen LogP contribution in [0.2, 0.25) is 0 Å². The minimum atomic E-state index is -0.646. The highest BCUT2D eigenvalue weighted by molar-refractivity contribution is 6.45. The fraction of sp³-hybridized carbons (Fsp3) is 0.367. The van der Waals surface area contributed by atoms with Gasteiger partial charge < -0.3 is 35.5 Å². The van der Waals surface area contributed by atoms with Gasteiger partial charge in [0, 0.05) is 56.4 Å². The van der Waals surface area contributed by atoms with Crippen LogP contribution in [0.15, 0.2) is 54.7 Å². The first-order chi connectivity index (χ1) is 20.4. The average molecular weight is 577 g/mol. The van der Waals surface area contributed by atoms with Crippen molar-refractivity contribution in [3.8, 4) is 0 Å². The largest absolute Gasteiger partial charge is 0.453 e. The van der Waals surface area contributed by atoms with E-state index in [9.17, 15) is 24.0 Å². The Kier molecular flexibility index (Phi) is 10.5. The van der Waals surface area contributed by atoms with Gasteiger partial charge in [0.25, 0.3) is 17.6 Å². The number of para-hydroxylation sites is 1. The summed E-state index contributed by atoms with van der Waals surface area (Å²) in [5.74, 6) is -1.37. The normalized spacial score (nSPS) is 13.0. The number of alkyl carbamates (subject to hydrolysis) is 1. The smallest absolute Gasteiger partial charge is 0.406 e. The highest BCUT2D eigenvalue weighted by atomic mass is 16.5. The topological polar surface area (TPSA) is 153 Å². The number of fused-ring (bicyclic) bond motifs is 1. The fourth-order valence-corrected chi connectivity index (χ4v) is 4.82. The Morgan fingerprint density at radius 2 is 1.48 bits per heavy atom. The number of anilines is 1. The quantitative estimate of drug-likeness (QED) is 0.156. The molecule has 0 spiro atoms. The van der Waals surface area contributed by atoms with Crippen molar-refractivity contribution in [3.05, 3.63) is 65.9 Å². The number of methoxy groups -OCH3 is 1. The van der Waals surface area contributed by atoms with Gasteiger partial charge in [-0.2, -0.15) is 0 Å². The summed E-state index contributed by atoms with van der Waals surface area (Å²) in [5, 5.41) is 8.78. The highest BCUT2D eigenvalue weighted by Crippen LogP contribution is 2.26. The molecule has 2 aromatic carbocycles. The van der Waals surface area contributed by atoms with Gasteiger partial charge >= 0.3 is 12.1 Å². The Balaban J connectivity index is 1.25. The number of benzene rings is 2. The Hall–Kier alpha value is -4.87. The zero-order valence-corrected chi connectivity index (χ0v) is 23.6. The molecule has 0 saturated carbocycles. The molecule has 1 aliphatic rings. The van der Waals surface area contributed by atoms with E-state index < -0.39 is 17.8 Å². The summed E-state index contributed by atoms with van der Waals surface area (Å²) in [4.78, 5) is 68.6. The van der Waals surface area contributed by atoms with E-state index in [2.05, 4.69) is 25.7 Å². The van der Waals surface area contributed by atoms with Crippen LogP contribution in [0.3, 0.4) is 0 Å². The summed E-state index contributed by atoms with van der Waals surface area (Å²) in [6.07, 6.45) is 4.45. The predicted octanol–water partition coefficient (Wildman–Crippen LogP) is 3.37. The third kappa shape index (κ3) is 7.65. The fourth-order valence-electron chi connectivity index (χ4n) is 4.82. The second-order valence-electron chi connectivity index (χ2n) is 9.92. The minimum absolute atomic E-state index is 0.0975. The van der Waals surface area contributed by atoms with Crippen molar-refractivity contribution in [1.29, 1.82) is 0 Å². The van der Waals surface area contributed by atoms with E-state index in [0.717, 1.165) is 25.7 Å². The number of aromatic amines is 1. The average Bonchev–Trinajstić information content (AvgIpc) is 3.47. The molecule has 4 N–H and O–H groups in total. The molecule has 0 aliphatic carbocycles. The number of hydrogen-bond donors (Lipinski definition) is 4. The number of ether oxygens (including phenoxy) is 1. The second kappa shape index (κ2) is 14.7. The van der Waals surface area contributed by atoms with Crippen LogP contribution in [0.4, 0.5) is 15.3 Å². The van der Waals surface area contributed by atoms with E-state index in [1.54, 1.807) is 47.4 Å². The van der Waals surface area contributed by atoms with Crippen LogP contribution < -0.4 is 16.0 Å². The number of urea groups is 1. The molecular formula is C30H36N6O6. The van der Waals surface area contributed by atoms with Crippen LogP contribution in [0.25, 0.3) is 10.9 Å². The van der Waals surface area contributed by atoms with Crippen LogP contribution in [-0.4, -0.2) is 90.9 Å². The molecule has 0 radical (unpaired) electrons. The van der Waals surface area contributed by atoms with Gasteiger partial charge in [0.05, 0.1) is 23.9 Å². The molecule has 4 rings (SSSR count). The van der Waals surface area contributed by atoms with Crippen molar-refractivity contribution in [2.45, 2.75) is 25.7 Å². The third-order valence-corrected chi connectivity index (χ3v) is 7.12. The van der Waals surface area contributed by atoms with Gasteiger partial charge in [-0.3, -0.25) is 14.4 Å². The van der Waals surface area contributed by atoms with Crippen LogP contribution in [0.5, 0.6) is 0 Å². The Morgan fingerprint density at radius 1 is 0.810 bits per heavy atom. The maximum Gasteiger partial charge on any atom is 0.406 e. The molecule has 1 aromatic heterocycles. The van der Waals surface area contributed by atoms with E-state index in [-0.39, 0.29) is 30.6 Å². The summed E-state index contributed by atoms with van der Waals surface area (Å²) in [6, 6.07) is 13.7. The number of hydrogen-bond acceptors (Lipinski definition) is 6. The van der Waals surface area contributed by atoms with Crippen LogP contribution >= 0.6 is 0 Å². The van der Waals surface area contributed by atoms with Gasteiger partial charge in [-0.25, -0.2) is 9.59 Å². The van der Waals surface area contributed by atoms with Crippen molar-refractivity contribution in [2.24, 2.45) is 0 Å². The van der Waals surface area contributed by atoms with E-state index in [1.165, 1.54) is 18.2 Å². The van der Waals surface area contributed by atoms with Crippen molar-refractivity contribution in [2.75, 3.05) is 51.7 Å². The molecule has 12 heteroatoms. The number of Topliss-reactive ketones (excluding diaryl/α,β-unsaturated/α-hetero) is 1. The SMILES string of the molecule is COC(=O)NCCCCCCNC(=O)Nc1cccc2c(C(=O)C(=O)N3CCN(C(=O)c4ccccc4)CC3)c[nH]c12. The maximum atomic E-state index is 13.2. The third-order valence-electron chi connectivity index (χ3n) is 7.12. The summed E-state index contributed by atoms with van der Waals surface area (Å²) >= 11 is 0. The lowest BCUT2D eigenvalue weighted by atomic mass is 10.1. The number of nitrogens with one attached hydrogen (secondary N) is 4. The number of amides is 5. The number of unbranched alkanes of at least 4 members (excludes halogenated alkanes) is 3. The molecule has 0 bridgehead atoms. The summed E-state index contributed by atoms with van der Waals surface area (Å²) in [7, 11) is 1.32. The van der Waals surface area contributed by atoms with Gasteiger partial charge in [-0.15, -0.1) is 0 Å². The Morgan fingerprint density at radius 3 is 2.17 bits per heavy atom. The first kappa shape index (κ1) is 30.1. The number of ketones is 1. The molecule has 222 valence electrons. The summed E-state index contributed by atoms with van der Waals surface area (Å²) in [5.41, 5.74) is 1.84. The molecule has 1 fully saturated rings. The monoisotopic (exact) mass is 576 g/mol. The van der Waals surface area contributed by atoms with Crippen LogP contribution in [-0.2, 0) is 9.53 Å². The van der Waals surface area contributed by atoms with Gasteiger partial charge in [-0.05, 0) is 31.0 Å². The molecule has 42 heavy (non-hydrogen) atoms. The van der Waals surface area contributed by atoms with Gasteiger partial charge in [-0.1, -0.05) is 43.2 Å². The molecule has 1 saturated heterocycles. The number of nitrogens with zero attached hydrogens (tertiary/aromatic N) is 2. The lowest BCUT2D eigenvalue weighted by molar-refractivity contribution is -0.127. The number of rotatable bonds is 11. The number of aromatic nitrogens is 1. The summed E-state index contributed by atoms with van der Waals surface area (Å²) in [6.45, 7) is 2.25. The lowest BCUT2D eigenvalue weighted by Gasteiger charge is -2.34. The first-order valence-electron chi connectivity index (χ1n) is 14.0. The second-order valence-corrected chi connectivity index (χ2v) is 9.92. The predicted molar refractivity (Wildman–Crippen MR) is 157 cm³/mol. The first-order valence-corrected chi connectivity index (χ1v) is 14.0. The van der Waals surface area contributed by atoms with E-state index in [0.29, 0.717) is 48.3 Å². The molecule has 12 nitrogen and oxygen atoms in total. The maximum absolute atomic E-state index is 13.2. The zero-order chi connectivity index (χ0) is 29.9. The van der Waals surface area contributed by atoms with Crippen LogP contribution in [0, 0.1) is 0 Å². The molecule has 2 heterocycles. The van der Waals surface area contributed by atoms with E-state index >= 15 is 0 Å².